The van der Waals surface area contributed by atoms with Gasteiger partial charge >= 0.3 is 0 Å². The van der Waals surface area contributed by atoms with Crippen molar-refractivity contribution in [2.24, 2.45) is 0 Å². The van der Waals surface area contributed by atoms with Crippen LogP contribution in [-0.4, -0.2) is 10.5 Å². The summed E-state index contributed by atoms with van der Waals surface area (Å²) in [5.74, 6) is 0.157. The summed E-state index contributed by atoms with van der Waals surface area (Å²) >= 11 is 2.29. The van der Waals surface area contributed by atoms with Crippen molar-refractivity contribution in [3.8, 4) is 0 Å². The lowest BCUT2D eigenvalue weighted by Crippen LogP contribution is -2.27. The van der Waals surface area contributed by atoms with Gasteiger partial charge in [0, 0.05) is 4.43 Å². The van der Waals surface area contributed by atoms with E-state index in [4.69, 9.17) is 4.74 Å². The van der Waals surface area contributed by atoms with Gasteiger partial charge in [0.25, 0.3) is 0 Å². The molecule has 0 amide bonds. The number of halogens is 1. The van der Waals surface area contributed by atoms with Crippen molar-refractivity contribution in [2.45, 2.75) is 25.6 Å². The van der Waals surface area contributed by atoms with E-state index in [1.54, 1.807) is 0 Å². The molecule has 1 aromatic carbocycles. The molecule has 1 atom stereocenters. The zero-order valence-electron chi connectivity index (χ0n) is 10.1. The SMILES string of the molecule is [O-]C1=C(CCI)C=CCC1OCc1ccccc1. The van der Waals surface area contributed by atoms with Gasteiger partial charge in [0.1, 0.15) is 0 Å². The fraction of sp³-hybridized carbons (Fsp3) is 0.333. The molecule has 0 aromatic heterocycles. The smallest absolute Gasteiger partial charge is 0.0727 e. The van der Waals surface area contributed by atoms with E-state index in [1.807, 2.05) is 42.5 Å². The van der Waals surface area contributed by atoms with Gasteiger partial charge in [-0.3, -0.25) is 0 Å². The number of rotatable bonds is 5. The summed E-state index contributed by atoms with van der Waals surface area (Å²) in [4.78, 5) is 0. The Hall–Kier alpha value is -0.810. The molecule has 1 aliphatic rings. The van der Waals surface area contributed by atoms with Gasteiger partial charge in [0.2, 0.25) is 0 Å². The van der Waals surface area contributed by atoms with Gasteiger partial charge in [-0.05, 0) is 18.4 Å². The van der Waals surface area contributed by atoms with Crippen molar-refractivity contribution in [2.75, 3.05) is 4.43 Å². The van der Waals surface area contributed by atoms with E-state index >= 15 is 0 Å². The molecule has 0 bridgehead atoms. The largest absolute Gasteiger partial charge is 0.874 e. The first-order valence-electron chi connectivity index (χ1n) is 6.09. The molecule has 0 heterocycles. The van der Waals surface area contributed by atoms with E-state index in [2.05, 4.69) is 22.6 Å². The van der Waals surface area contributed by atoms with Crippen LogP contribution in [0.4, 0.5) is 0 Å². The van der Waals surface area contributed by atoms with Gasteiger partial charge in [0.05, 0.1) is 12.7 Å². The standard InChI is InChI=1S/C15H17IO2/c16-10-9-13-7-4-8-14(15(13)17)18-11-12-5-2-1-3-6-12/h1-7,14,17H,8-11H2/p-1. The summed E-state index contributed by atoms with van der Waals surface area (Å²) in [7, 11) is 0. The summed E-state index contributed by atoms with van der Waals surface area (Å²) < 4.78 is 6.70. The van der Waals surface area contributed by atoms with Crippen LogP contribution >= 0.6 is 22.6 Å². The van der Waals surface area contributed by atoms with E-state index < -0.39 is 0 Å². The normalized spacial score (nSPS) is 19.3. The maximum Gasteiger partial charge on any atom is 0.0727 e. The monoisotopic (exact) mass is 355 g/mol. The highest BCUT2D eigenvalue weighted by molar-refractivity contribution is 14.1. The number of ether oxygens (including phenoxy) is 1. The minimum atomic E-state index is -0.298. The first-order chi connectivity index (χ1) is 8.81. The van der Waals surface area contributed by atoms with Gasteiger partial charge in [-0.2, -0.15) is 0 Å². The van der Waals surface area contributed by atoms with E-state index in [0.717, 1.165) is 22.0 Å². The molecule has 0 N–H and O–H groups in total. The predicted molar refractivity (Wildman–Crippen MR) is 79.3 cm³/mol. The van der Waals surface area contributed by atoms with Crippen LogP contribution in [0.3, 0.4) is 0 Å². The molecule has 0 aliphatic heterocycles. The first kappa shape index (κ1) is 13.6. The predicted octanol–water partition coefficient (Wildman–Crippen LogP) is 2.97. The van der Waals surface area contributed by atoms with Crippen molar-refractivity contribution in [1.29, 1.82) is 0 Å². The van der Waals surface area contributed by atoms with E-state index in [1.165, 1.54) is 0 Å². The fourth-order valence-corrected chi connectivity index (χ4v) is 2.53. The highest BCUT2D eigenvalue weighted by atomic mass is 127. The molecular weight excluding hydrogens is 339 g/mol. The molecule has 2 nitrogen and oxygen atoms in total. The number of benzene rings is 1. The molecule has 0 saturated carbocycles. The number of alkyl halides is 1. The van der Waals surface area contributed by atoms with Crippen LogP contribution in [0.5, 0.6) is 0 Å². The minimum absolute atomic E-state index is 0.157. The van der Waals surface area contributed by atoms with Gasteiger partial charge in [-0.25, -0.2) is 0 Å². The molecule has 0 fully saturated rings. The topological polar surface area (TPSA) is 32.3 Å². The third-order valence-corrected chi connectivity index (χ3v) is 3.48. The summed E-state index contributed by atoms with van der Waals surface area (Å²) in [5, 5.41) is 12.1. The zero-order valence-corrected chi connectivity index (χ0v) is 12.3. The maximum atomic E-state index is 12.1. The molecule has 3 heteroatoms. The van der Waals surface area contributed by atoms with Crippen LogP contribution in [0.1, 0.15) is 18.4 Å². The average Bonchev–Trinajstić information content (AvgIpc) is 2.41. The quantitative estimate of drug-likeness (QED) is 0.601. The Morgan fingerprint density at radius 1 is 1.28 bits per heavy atom. The third kappa shape index (κ3) is 3.59. The van der Waals surface area contributed by atoms with Crippen LogP contribution in [0.2, 0.25) is 0 Å². The second-order valence-electron chi connectivity index (χ2n) is 4.25. The number of hydrogen-bond donors (Lipinski definition) is 0. The van der Waals surface area contributed by atoms with Crippen LogP contribution in [0.15, 0.2) is 53.8 Å². The van der Waals surface area contributed by atoms with Crippen molar-refractivity contribution in [3.63, 3.8) is 0 Å². The molecule has 2 rings (SSSR count). The molecule has 18 heavy (non-hydrogen) atoms. The summed E-state index contributed by atoms with van der Waals surface area (Å²) in [6.45, 7) is 0.503. The van der Waals surface area contributed by atoms with Crippen LogP contribution in [0.25, 0.3) is 0 Å². The van der Waals surface area contributed by atoms with Crippen molar-refractivity contribution < 1.29 is 9.84 Å². The molecule has 1 aliphatic carbocycles. The lowest BCUT2D eigenvalue weighted by atomic mass is 10.0. The summed E-state index contributed by atoms with van der Waals surface area (Å²) in [6.07, 6.45) is 5.22. The lowest BCUT2D eigenvalue weighted by Gasteiger charge is -2.29. The molecule has 96 valence electrons. The van der Waals surface area contributed by atoms with E-state index in [0.29, 0.717) is 13.0 Å². The van der Waals surface area contributed by atoms with E-state index in [-0.39, 0.29) is 11.9 Å². The molecule has 0 saturated heterocycles. The van der Waals surface area contributed by atoms with E-state index in [9.17, 15) is 5.11 Å². The Balaban J connectivity index is 1.96. The highest BCUT2D eigenvalue weighted by Gasteiger charge is 2.13. The van der Waals surface area contributed by atoms with Crippen LogP contribution in [-0.2, 0) is 11.3 Å². The van der Waals surface area contributed by atoms with Crippen molar-refractivity contribution in [3.05, 3.63) is 59.4 Å². The average molecular weight is 355 g/mol. The molecule has 0 spiro atoms. The second kappa shape index (κ2) is 6.95. The molecular formula is C15H16IO2-. The zero-order chi connectivity index (χ0) is 12.8. The Morgan fingerprint density at radius 2 is 2.06 bits per heavy atom. The number of allylic oxidation sites excluding steroid dienone is 2. The Labute approximate surface area is 122 Å². The Bertz CT molecular complexity index is 437. The second-order valence-corrected chi connectivity index (χ2v) is 5.33. The van der Waals surface area contributed by atoms with Crippen LogP contribution < -0.4 is 5.11 Å². The highest BCUT2D eigenvalue weighted by Crippen LogP contribution is 2.22. The molecule has 0 radical (unpaired) electrons. The van der Waals surface area contributed by atoms with Crippen LogP contribution in [0, 0.1) is 0 Å². The van der Waals surface area contributed by atoms with Gasteiger partial charge in [0.15, 0.2) is 0 Å². The Morgan fingerprint density at radius 3 is 2.78 bits per heavy atom. The summed E-state index contributed by atoms with van der Waals surface area (Å²) in [6, 6.07) is 9.96. The van der Waals surface area contributed by atoms with Gasteiger partial charge in [-0.1, -0.05) is 76.4 Å². The first-order valence-corrected chi connectivity index (χ1v) is 7.62. The number of hydrogen-bond acceptors (Lipinski definition) is 2. The maximum absolute atomic E-state index is 12.1. The third-order valence-electron chi connectivity index (χ3n) is 2.94. The minimum Gasteiger partial charge on any atom is -0.874 e. The lowest BCUT2D eigenvalue weighted by molar-refractivity contribution is -0.325. The van der Waals surface area contributed by atoms with Gasteiger partial charge < -0.3 is 9.84 Å². The van der Waals surface area contributed by atoms with Gasteiger partial charge in [-0.15, -0.1) is 0 Å². The van der Waals surface area contributed by atoms with Crippen molar-refractivity contribution >= 4 is 22.6 Å². The fourth-order valence-electron chi connectivity index (χ4n) is 1.95. The molecule has 1 unspecified atom stereocenters. The Kier molecular flexibility index (Phi) is 5.26. The van der Waals surface area contributed by atoms with Crippen molar-refractivity contribution in [1.82, 2.24) is 0 Å². The summed E-state index contributed by atoms with van der Waals surface area (Å²) in [5.41, 5.74) is 2.00. The molecule has 1 aromatic rings.